The maximum atomic E-state index is 13.3. The van der Waals surface area contributed by atoms with Crippen molar-refractivity contribution in [3.8, 4) is 0 Å². The van der Waals surface area contributed by atoms with Crippen LogP contribution >= 0.6 is 15.9 Å². The average molecular weight is 365 g/mol. The first-order valence-corrected chi connectivity index (χ1v) is 8.81. The number of hydrogen-bond acceptors (Lipinski definition) is 3. The highest BCUT2D eigenvalue weighted by Gasteiger charge is 2.25. The molecule has 0 heterocycles. The summed E-state index contributed by atoms with van der Waals surface area (Å²) in [4.78, 5) is -0.0863. The summed E-state index contributed by atoms with van der Waals surface area (Å²) in [6, 6.07) is 2.21. The van der Waals surface area contributed by atoms with Gasteiger partial charge in [0, 0.05) is 6.54 Å². The molecule has 1 aliphatic rings. The number of sulfonamides is 1. The molecular formula is C13H18BrFN2O2S. The highest BCUT2D eigenvalue weighted by atomic mass is 79.9. The molecule has 0 bridgehead atoms. The van der Waals surface area contributed by atoms with E-state index in [1.54, 1.807) is 0 Å². The Kier molecular flexibility index (Phi) is 4.71. The van der Waals surface area contributed by atoms with E-state index in [4.69, 9.17) is 5.73 Å². The predicted molar refractivity (Wildman–Crippen MR) is 80.2 cm³/mol. The second-order valence-electron chi connectivity index (χ2n) is 5.44. The molecular weight excluding hydrogens is 347 g/mol. The molecule has 2 rings (SSSR count). The standard InChI is InChI=1S/C13H18BrFN2O2S/c1-8-2-3-9(4-8)7-17-20(18,19)13-5-10(14)11(15)6-12(13)16/h5-6,8-9,17H,2-4,7,16H2,1H3. The minimum Gasteiger partial charge on any atom is -0.398 e. The number of anilines is 1. The van der Waals surface area contributed by atoms with Crippen molar-refractivity contribution in [3.63, 3.8) is 0 Å². The number of nitrogen functional groups attached to an aromatic ring is 1. The van der Waals surface area contributed by atoms with Crippen molar-refractivity contribution in [1.29, 1.82) is 0 Å². The first-order chi connectivity index (χ1) is 9.29. The van der Waals surface area contributed by atoms with Crippen LogP contribution in [0.2, 0.25) is 0 Å². The zero-order chi connectivity index (χ0) is 14.9. The van der Waals surface area contributed by atoms with Crippen LogP contribution in [0, 0.1) is 17.7 Å². The second kappa shape index (κ2) is 5.99. The third-order valence-electron chi connectivity index (χ3n) is 3.71. The highest BCUT2D eigenvalue weighted by Crippen LogP contribution is 2.30. The second-order valence-corrected chi connectivity index (χ2v) is 8.03. The van der Waals surface area contributed by atoms with Crippen molar-refractivity contribution < 1.29 is 12.8 Å². The number of halogens is 2. The molecule has 2 unspecified atom stereocenters. The van der Waals surface area contributed by atoms with E-state index in [9.17, 15) is 12.8 Å². The molecule has 0 saturated heterocycles. The summed E-state index contributed by atoms with van der Waals surface area (Å²) in [7, 11) is -3.71. The Balaban J connectivity index is 2.12. The summed E-state index contributed by atoms with van der Waals surface area (Å²) in [6.45, 7) is 2.57. The van der Waals surface area contributed by atoms with Crippen molar-refractivity contribution in [2.75, 3.05) is 12.3 Å². The quantitative estimate of drug-likeness (QED) is 0.806. The zero-order valence-corrected chi connectivity index (χ0v) is 13.6. The fraction of sp³-hybridized carbons (Fsp3) is 0.538. The van der Waals surface area contributed by atoms with Crippen molar-refractivity contribution in [2.24, 2.45) is 11.8 Å². The minimum atomic E-state index is -3.71. The van der Waals surface area contributed by atoms with Crippen LogP contribution in [0.15, 0.2) is 21.5 Å². The van der Waals surface area contributed by atoms with Gasteiger partial charge in [0.05, 0.1) is 10.2 Å². The van der Waals surface area contributed by atoms with Gasteiger partial charge in [-0.05, 0) is 52.7 Å². The molecule has 7 heteroatoms. The molecule has 1 aromatic carbocycles. The first kappa shape index (κ1) is 15.7. The first-order valence-electron chi connectivity index (χ1n) is 6.54. The minimum absolute atomic E-state index is 0.0848. The van der Waals surface area contributed by atoms with Gasteiger partial charge in [-0.15, -0.1) is 0 Å². The molecule has 1 fully saturated rings. The lowest BCUT2D eigenvalue weighted by Crippen LogP contribution is -2.29. The predicted octanol–water partition coefficient (Wildman–Crippen LogP) is 2.88. The van der Waals surface area contributed by atoms with Crippen molar-refractivity contribution in [1.82, 2.24) is 4.72 Å². The number of nitrogens with one attached hydrogen (secondary N) is 1. The van der Waals surface area contributed by atoms with E-state index in [0.717, 1.165) is 25.3 Å². The summed E-state index contributed by atoms with van der Waals surface area (Å²) in [5, 5.41) is 0. The van der Waals surface area contributed by atoms with Crippen molar-refractivity contribution in [3.05, 3.63) is 22.4 Å². The number of nitrogens with two attached hydrogens (primary N) is 1. The van der Waals surface area contributed by atoms with Gasteiger partial charge in [-0.3, -0.25) is 0 Å². The smallest absolute Gasteiger partial charge is 0.242 e. The lowest BCUT2D eigenvalue weighted by atomic mass is 10.1. The molecule has 4 nitrogen and oxygen atoms in total. The number of hydrogen-bond donors (Lipinski definition) is 2. The third-order valence-corrected chi connectivity index (χ3v) is 5.79. The molecule has 112 valence electrons. The van der Waals surface area contributed by atoms with Gasteiger partial charge >= 0.3 is 0 Å². The van der Waals surface area contributed by atoms with Gasteiger partial charge in [-0.2, -0.15) is 0 Å². The summed E-state index contributed by atoms with van der Waals surface area (Å²) in [5.41, 5.74) is 5.52. The Bertz CT molecular complexity index is 607. The largest absolute Gasteiger partial charge is 0.398 e. The molecule has 2 atom stereocenters. The summed E-state index contributed by atoms with van der Waals surface area (Å²) < 4.78 is 40.4. The summed E-state index contributed by atoms with van der Waals surface area (Å²) in [6.07, 6.45) is 3.20. The van der Waals surface area contributed by atoms with Gasteiger partial charge in [0.15, 0.2) is 0 Å². The van der Waals surface area contributed by atoms with Gasteiger partial charge in [0.1, 0.15) is 10.7 Å². The fourth-order valence-electron chi connectivity index (χ4n) is 2.59. The van der Waals surface area contributed by atoms with Crippen LogP contribution in [-0.4, -0.2) is 15.0 Å². The molecule has 0 aromatic heterocycles. The monoisotopic (exact) mass is 364 g/mol. The third kappa shape index (κ3) is 3.51. The molecule has 1 aliphatic carbocycles. The Labute approximate surface area is 127 Å². The lowest BCUT2D eigenvalue weighted by Gasteiger charge is -2.13. The molecule has 3 N–H and O–H groups in total. The summed E-state index contributed by atoms with van der Waals surface area (Å²) in [5.74, 6) is 0.436. The van der Waals surface area contributed by atoms with Crippen LogP contribution in [0.3, 0.4) is 0 Å². The fourth-order valence-corrected chi connectivity index (χ4v) is 4.34. The average Bonchev–Trinajstić information content (AvgIpc) is 2.77. The van der Waals surface area contributed by atoms with Crippen LogP contribution < -0.4 is 10.5 Å². The SMILES string of the molecule is CC1CCC(CNS(=O)(=O)c2cc(Br)c(F)cc2N)C1. The molecule has 0 spiro atoms. The van der Waals surface area contributed by atoms with E-state index in [1.807, 2.05) is 0 Å². The van der Waals surface area contributed by atoms with E-state index >= 15 is 0 Å². The van der Waals surface area contributed by atoms with Gasteiger partial charge in [-0.25, -0.2) is 17.5 Å². The van der Waals surface area contributed by atoms with Gasteiger partial charge in [0.2, 0.25) is 10.0 Å². The Morgan fingerprint density at radius 1 is 1.45 bits per heavy atom. The van der Waals surface area contributed by atoms with Crippen molar-refractivity contribution in [2.45, 2.75) is 31.1 Å². The molecule has 1 aromatic rings. The molecule has 0 amide bonds. The Morgan fingerprint density at radius 3 is 2.75 bits per heavy atom. The summed E-state index contributed by atoms with van der Waals surface area (Å²) >= 11 is 2.98. The number of benzene rings is 1. The molecule has 20 heavy (non-hydrogen) atoms. The molecule has 0 aliphatic heterocycles. The normalized spacial score (nSPS) is 23.1. The van der Waals surface area contributed by atoms with E-state index in [-0.39, 0.29) is 15.1 Å². The Hall–Kier alpha value is -0.660. The van der Waals surface area contributed by atoms with Crippen LogP contribution in [0.4, 0.5) is 10.1 Å². The Morgan fingerprint density at radius 2 is 2.15 bits per heavy atom. The highest BCUT2D eigenvalue weighted by molar-refractivity contribution is 9.10. The number of rotatable bonds is 4. The lowest BCUT2D eigenvalue weighted by molar-refractivity contribution is 0.498. The van der Waals surface area contributed by atoms with Crippen LogP contribution in [0.5, 0.6) is 0 Å². The van der Waals surface area contributed by atoms with E-state index < -0.39 is 15.8 Å². The van der Waals surface area contributed by atoms with E-state index in [0.29, 0.717) is 18.4 Å². The maximum Gasteiger partial charge on any atom is 0.242 e. The molecule has 1 saturated carbocycles. The van der Waals surface area contributed by atoms with Crippen LogP contribution in [-0.2, 0) is 10.0 Å². The molecule has 0 radical (unpaired) electrons. The van der Waals surface area contributed by atoms with Gasteiger partial charge in [0.25, 0.3) is 0 Å². The van der Waals surface area contributed by atoms with E-state index in [2.05, 4.69) is 27.6 Å². The van der Waals surface area contributed by atoms with Crippen molar-refractivity contribution >= 4 is 31.6 Å². The van der Waals surface area contributed by atoms with Crippen LogP contribution in [0.25, 0.3) is 0 Å². The van der Waals surface area contributed by atoms with Gasteiger partial charge < -0.3 is 5.73 Å². The van der Waals surface area contributed by atoms with Gasteiger partial charge in [-0.1, -0.05) is 13.3 Å². The maximum absolute atomic E-state index is 13.3. The zero-order valence-electron chi connectivity index (χ0n) is 11.2. The topological polar surface area (TPSA) is 72.2 Å². The van der Waals surface area contributed by atoms with Crippen LogP contribution in [0.1, 0.15) is 26.2 Å². The van der Waals surface area contributed by atoms with E-state index in [1.165, 1.54) is 6.07 Å².